The molecule has 21 heavy (non-hydrogen) atoms. The van der Waals surface area contributed by atoms with E-state index < -0.39 is 0 Å². The fraction of sp³-hybridized carbons (Fsp3) is 0.250. The summed E-state index contributed by atoms with van der Waals surface area (Å²) in [5.41, 5.74) is 2.35. The lowest BCUT2D eigenvalue weighted by molar-refractivity contribution is -0.116. The molecule has 0 atom stereocenters. The lowest BCUT2D eigenvalue weighted by atomic mass is 10.1. The van der Waals surface area contributed by atoms with E-state index in [2.05, 4.69) is 28.2 Å². The smallest absolute Gasteiger partial charge is 0.226 e. The fourth-order valence-corrected chi connectivity index (χ4v) is 2.53. The number of aliphatic hydroxyl groups is 1. The number of thiazole rings is 1. The van der Waals surface area contributed by atoms with Crippen molar-refractivity contribution in [2.45, 2.75) is 19.8 Å². The number of rotatable bonds is 4. The van der Waals surface area contributed by atoms with E-state index in [1.807, 2.05) is 25.1 Å². The third kappa shape index (κ3) is 5.03. The summed E-state index contributed by atoms with van der Waals surface area (Å²) in [7, 11) is 0. The Kier molecular flexibility index (Phi) is 5.50. The zero-order valence-corrected chi connectivity index (χ0v) is 12.5. The number of anilines is 1. The van der Waals surface area contributed by atoms with E-state index >= 15 is 0 Å². The van der Waals surface area contributed by atoms with Crippen LogP contribution in [-0.4, -0.2) is 22.6 Å². The molecule has 1 aromatic heterocycles. The highest BCUT2D eigenvalue weighted by molar-refractivity contribution is 7.16. The molecule has 108 valence electrons. The molecule has 1 heterocycles. The van der Waals surface area contributed by atoms with Crippen LogP contribution in [0.3, 0.4) is 0 Å². The van der Waals surface area contributed by atoms with Crippen LogP contribution < -0.4 is 5.32 Å². The number of hydrogen-bond donors (Lipinski definition) is 2. The van der Waals surface area contributed by atoms with Crippen LogP contribution >= 0.6 is 11.3 Å². The highest BCUT2D eigenvalue weighted by Crippen LogP contribution is 2.17. The molecule has 0 radical (unpaired) electrons. The molecule has 0 aliphatic carbocycles. The van der Waals surface area contributed by atoms with Gasteiger partial charge in [0.2, 0.25) is 5.91 Å². The topological polar surface area (TPSA) is 62.2 Å². The Morgan fingerprint density at radius 1 is 1.48 bits per heavy atom. The van der Waals surface area contributed by atoms with Gasteiger partial charge in [0.15, 0.2) is 5.13 Å². The molecule has 0 saturated heterocycles. The maximum atomic E-state index is 11.9. The van der Waals surface area contributed by atoms with E-state index in [0.29, 0.717) is 18.0 Å². The highest BCUT2D eigenvalue weighted by Gasteiger charge is 2.06. The third-order valence-corrected chi connectivity index (χ3v) is 3.59. The van der Waals surface area contributed by atoms with Crippen molar-refractivity contribution >= 4 is 22.4 Å². The van der Waals surface area contributed by atoms with Crippen LogP contribution in [0.2, 0.25) is 0 Å². The zero-order valence-electron chi connectivity index (χ0n) is 11.7. The molecule has 2 N–H and O–H groups in total. The van der Waals surface area contributed by atoms with Crippen LogP contribution in [0, 0.1) is 18.8 Å². The monoisotopic (exact) mass is 300 g/mol. The Balaban J connectivity index is 1.85. The van der Waals surface area contributed by atoms with Gasteiger partial charge in [-0.25, -0.2) is 4.98 Å². The molecule has 1 aromatic carbocycles. The summed E-state index contributed by atoms with van der Waals surface area (Å²) in [6.07, 6.45) is 2.71. The van der Waals surface area contributed by atoms with Gasteiger partial charge >= 0.3 is 0 Å². The summed E-state index contributed by atoms with van der Waals surface area (Å²) < 4.78 is 0. The summed E-state index contributed by atoms with van der Waals surface area (Å²) in [4.78, 5) is 16.7. The SMILES string of the molecule is Cc1cccc(CCC(=O)Nc2ncc(C#CCO)s2)c1. The number of benzene rings is 1. The number of amides is 1. The second kappa shape index (κ2) is 7.58. The first-order valence-corrected chi connectivity index (χ1v) is 7.40. The Morgan fingerprint density at radius 3 is 3.10 bits per heavy atom. The number of aromatic nitrogens is 1. The normalized spacial score (nSPS) is 9.81. The minimum atomic E-state index is -0.184. The van der Waals surface area contributed by atoms with Crippen LogP contribution in [0.4, 0.5) is 5.13 Å². The van der Waals surface area contributed by atoms with E-state index in [1.54, 1.807) is 6.20 Å². The van der Waals surface area contributed by atoms with Crippen LogP contribution in [0.15, 0.2) is 30.5 Å². The highest BCUT2D eigenvalue weighted by atomic mass is 32.1. The maximum Gasteiger partial charge on any atom is 0.226 e. The standard InChI is InChI=1S/C16H16N2O2S/c1-12-4-2-5-13(10-12)7-8-15(20)18-16-17-11-14(21-16)6-3-9-19/h2,4-5,10-11,19H,7-9H2,1H3,(H,17,18,20). The lowest BCUT2D eigenvalue weighted by Gasteiger charge is -2.03. The van der Waals surface area contributed by atoms with E-state index in [1.165, 1.54) is 16.9 Å². The Bertz CT molecular complexity index is 683. The fourth-order valence-electron chi connectivity index (χ4n) is 1.82. The predicted octanol–water partition coefficient (Wildman–Crippen LogP) is 2.37. The molecule has 5 heteroatoms. The first-order chi connectivity index (χ1) is 10.2. The predicted molar refractivity (Wildman–Crippen MR) is 84.2 cm³/mol. The Hall–Kier alpha value is -2.16. The first-order valence-electron chi connectivity index (χ1n) is 6.58. The van der Waals surface area contributed by atoms with Crippen molar-refractivity contribution in [3.05, 3.63) is 46.5 Å². The molecular formula is C16H16N2O2S. The Labute approximate surface area is 127 Å². The molecule has 0 unspecified atom stereocenters. The molecule has 0 aliphatic rings. The summed E-state index contributed by atoms with van der Waals surface area (Å²) in [5.74, 6) is 5.24. The average molecular weight is 300 g/mol. The number of aryl methyl sites for hydroxylation is 2. The van der Waals surface area contributed by atoms with Crippen LogP contribution in [0.1, 0.15) is 22.4 Å². The summed E-state index contributed by atoms with van der Waals surface area (Å²) in [5, 5.41) is 11.9. The van der Waals surface area contributed by atoms with Crippen molar-refractivity contribution in [3.8, 4) is 11.8 Å². The molecule has 0 aliphatic heterocycles. The third-order valence-electron chi connectivity index (χ3n) is 2.77. The Morgan fingerprint density at radius 2 is 2.33 bits per heavy atom. The van der Waals surface area contributed by atoms with Gasteiger partial charge in [0.25, 0.3) is 0 Å². The van der Waals surface area contributed by atoms with Gasteiger partial charge in [0.1, 0.15) is 6.61 Å². The number of nitrogens with zero attached hydrogens (tertiary/aromatic N) is 1. The van der Waals surface area contributed by atoms with Gasteiger partial charge < -0.3 is 10.4 Å². The summed E-state index contributed by atoms with van der Waals surface area (Å²) in [6, 6.07) is 8.13. The molecule has 0 bridgehead atoms. The van der Waals surface area contributed by atoms with Crippen molar-refractivity contribution in [2.24, 2.45) is 0 Å². The summed E-state index contributed by atoms with van der Waals surface area (Å²) in [6.45, 7) is 1.85. The molecule has 2 aromatic rings. The largest absolute Gasteiger partial charge is 0.384 e. The van der Waals surface area contributed by atoms with Gasteiger partial charge in [-0.1, -0.05) is 53.0 Å². The second-order valence-electron chi connectivity index (χ2n) is 4.53. The molecule has 0 fully saturated rings. The van der Waals surface area contributed by atoms with E-state index in [9.17, 15) is 4.79 Å². The molecule has 0 saturated carbocycles. The lowest BCUT2D eigenvalue weighted by Crippen LogP contribution is -2.12. The van der Waals surface area contributed by atoms with Gasteiger partial charge in [-0.3, -0.25) is 4.79 Å². The number of aliphatic hydroxyl groups excluding tert-OH is 1. The van der Waals surface area contributed by atoms with Crippen LogP contribution in [0.5, 0.6) is 0 Å². The molecule has 2 rings (SSSR count). The van der Waals surface area contributed by atoms with Gasteiger partial charge in [-0.05, 0) is 18.9 Å². The van der Waals surface area contributed by atoms with Gasteiger partial charge in [0, 0.05) is 6.42 Å². The molecule has 4 nitrogen and oxygen atoms in total. The van der Waals surface area contributed by atoms with Crippen molar-refractivity contribution in [1.82, 2.24) is 4.98 Å². The number of carbonyl (C=O) groups excluding carboxylic acids is 1. The van der Waals surface area contributed by atoms with E-state index in [4.69, 9.17) is 5.11 Å². The first kappa shape index (κ1) is 15.2. The minimum absolute atomic E-state index is 0.0625. The van der Waals surface area contributed by atoms with Gasteiger partial charge in [-0.15, -0.1) is 0 Å². The van der Waals surface area contributed by atoms with Crippen molar-refractivity contribution in [3.63, 3.8) is 0 Å². The number of hydrogen-bond acceptors (Lipinski definition) is 4. The molecule has 0 spiro atoms. The molecule has 1 amide bonds. The van der Waals surface area contributed by atoms with Crippen LogP contribution in [-0.2, 0) is 11.2 Å². The van der Waals surface area contributed by atoms with E-state index in [0.717, 1.165) is 10.4 Å². The van der Waals surface area contributed by atoms with Crippen molar-refractivity contribution in [2.75, 3.05) is 11.9 Å². The minimum Gasteiger partial charge on any atom is -0.384 e. The van der Waals surface area contributed by atoms with Crippen molar-refractivity contribution < 1.29 is 9.90 Å². The summed E-state index contributed by atoms with van der Waals surface area (Å²) >= 11 is 1.30. The van der Waals surface area contributed by atoms with E-state index in [-0.39, 0.29) is 12.5 Å². The number of carbonyl (C=O) groups is 1. The van der Waals surface area contributed by atoms with Crippen molar-refractivity contribution in [1.29, 1.82) is 0 Å². The number of nitrogens with one attached hydrogen (secondary N) is 1. The average Bonchev–Trinajstić information content (AvgIpc) is 2.90. The molecular weight excluding hydrogens is 284 g/mol. The zero-order chi connectivity index (χ0) is 15.1. The second-order valence-corrected chi connectivity index (χ2v) is 5.56. The quantitative estimate of drug-likeness (QED) is 0.852. The maximum absolute atomic E-state index is 11.9. The van der Waals surface area contributed by atoms with Gasteiger partial charge in [0.05, 0.1) is 11.1 Å². The van der Waals surface area contributed by atoms with Crippen LogP contribution in [0.25, 0.3) is 0 Å². The van der Waals surface area contributed by atoms with Gasteiger partial charge in [-0.2, -0.15) is 0 Å².